The standard InChI is InChI=1S/C15H11FO2/c16-11-7-5-10(6-8-11)15-13-4-2-1-3-12(13)14(9-17)18-15/h1-9,14-15H. The Balaban J connectivity index is 2.05. The van der Waals surface area contributed by atoms with Crippen LogP contribution in [0.3, 0.4) is 0 Å². The number of ether oxygens (including phenoxy) is 1. The quantitative estimate of drug-likeness (QED) is 0.756. The van der Waals surface area contributed by atoms with Gasteiger partial charge in [0, 0.05) is 0 Å². The van der Waals surface area contributed by atoms with Gasteiger partial charge in [0.2, 0.25) is 0 Å². The van der Waals surface area contributed by atoms with E-state index < -0.39 is 6.10 Å². The Hall–Kier alpha value is -2.00. The number of benzene rings is 2. The van der Waals surface area contributed by atoms with Gasteiger partial charge in [-0.15, -0.1) is 0 Å². The third kappa shape index (κ3) is 1.73. The molecule has 2 nitrogen and oxygen atoms in total. The molecule has 18 heavy (non-hydrogen) atoms. The number of aldehydes is 1. The first-order valence-corrected chi connectivity index (χ1v) is 5.74. The molecule has 2 aromatic rings. The lowest BCUT2D eigenvalue weighted by Gasteiger charge is -2.12. The topological polar surface area (TPSA) is 26.3 Å². The van der Waals surface area contributed by atoms with Crippen LogP contribution in [0, 0.1) is 5.82 Å². The van der Waals surface area contributed by atoms with Crippen molar-refractivity contribution >= 4 is 6.29 Å². The molecule has 1 heterocycles. The third-order valence-corrected chi connectivity index (χ3v) is 3.16. The van der Waals surface area contributed by atoms with E-state index in [1.807, 2.05) is 24.3 Å². The lowest BCUT2D eigenvalue weighted by Crippen LogP contribution is -2.01. The Bertz CT molecular complexity index is 577. The number of carbonyl (C=O) groups excluding carboxylic acids is 1. The van der Waals surface area contributed by atoms with Crippen LogP contribution >= 0.6 is 0 Å². The van der Waals surface area contributed by atoms with Gasteiger partial charge >= 0.3 is 0 Å². The van der Waals surface area contributed by atoms with Crippen molar-refractivity contribution in [1.82, 2.24) is 0 Å². The molecule has 0 saturated heterocycles. The molecule has 3 heteroatoms. The number of hydrogen-bond acceptors (Lipinski definition) is 2. The summed E-state index contributed by atoms with van der Waals surface area (Å²) in [6.45, 7) is 0. The Morgan fingerprint density at radius 2 is 1.67 bits per heavy atom. The maximum Gasteiger partial charge on any atom is 0.153 e. The first kappa shape index (κ1) is 11.1. The Morgan fingerprint density at radius 1 is 1.00 bits per heavy atom. The van der Waals surface area contributed by atoms with E-state index in [4.69, 9.17) is 4.74 Å². The van der Waals surface area contributed by atoms with Crippen LogP contribution in [-0.4, -0.2) is 6.29 Å². The van der Waals surface area contributed by atoms with E-state index in [-0.39, 0.29) is 11.9 Å². The van der Waals surface area contributed by atoms with Crippen molar-refractivity contribution in [3.05, 3.63) is 71.0 Å². The molecular formula is C15H11FO2. The molecular weight excluding hydrogens is 231 g/mol. The molecule has 0 fully saturated rings. The van der Waals surface area contributed by atoms with E-state index in [1.165, 1.54) is 12.1 Å². The van der Waals surface area contributed by atoms with Crippen LogP contribution in [0.5, 0.6) is 0 Å². The highest BCUT2D eigenvalue weighted by Gasteiger charge is 2.31. The highest BCUT2D eigenvalue weighted by molar-refractivity contribution is 5.63. The van der Waals surface area contributed by atoms with E-state index in [2.05, 4.69) is 0 Å². The first-order valence-electron chi connectivity index (χ1n) is 5.74. The van der Waals surface area contributed by atoms with Crippen molar-refractivity contribution in [2.75, 3.05) is 0 Å². The zero-order valence-electron chi connectivity index (χ0n) is 9.55. The summed E-state index contributed by atoms with van der Waals surface area (Å²) < 4.78 is 18.6. The predicted octanol–water partition coefficient (Wildman–Crippen LogP) is 3.19. The van der Waals surface area contributed by atoms with Gasteiger partial charge < -0.3 is 9.53 Å². The van der Waals surface area contributed by atoms with Gasteiger partial charge in [0.05, 0.1) is 0 Å². The molecule has 2 unspecified atom stereocenters. The minimum atomic E-state index is -0.531. The van der Waals surface area contributed by atoms with Gasteiger partial charge in [-0.1, -0.05) is 36.4 Å². The van der Waals surface area contributed by atoms with Crippen molar-refractivity contribution in [3.8, 4) is 0 Å². The Labute approximate surface area is 104 Å². The molecule has 0 aromatic heterocycles. The summed E-state index contributed by atoms with van der Waals surface area (Å²) in [6, 6.07) is 13.8. The molecule has 0 spiro atoms. The van der Waals surface area contributed by atoms with Crippen LogP contribution in [0.15, 0.2) is 48.5 Å². The predicted molar refractivity (Wildman–Crippen MR) is 64.6 cm³/mol. The molecule has 2 aromatic carbocycles. The third-order valence-electron chi connectivity index (χ3n) is 3.16. The van der Waals surface area contributed by atoms with Gasteiger partial charge in [-0.05, 0) is 28.8 Å². The van der Waals surface area contributed by atoms with Gasteiger partial charge in [-0.3, -0.25) is 0 Å². The summed E-state index contributed by atoms with van der Waals surface area (Å²) in [5, 5.41) is 0. The van der Waals surface area contributed by atoms with Crippen LogP contribution in [-0.2, 0) is 9.53 Å². The summed E-state index contributed by atoms with van der Waals surface area (Å²) in [6.07, 6.45) is -0.0317. The highest BCUT2D eigenvalue weighted by atomic mass is 19.1. The Morgan fingerprint density at radius 3 is 2.33 bits per heavy atom. The molecule has 0 amide bonds. The number of halogens is 1. The van der Waals surface area contributed by atoms with Crippen molar-refractivity contribution in [2.45, 2.75) is 12.2 Å². The van der Waals surface area contributed by atoms with Crippen molar-refractivity contribution < 1.29 is 13.9 Å². The number of hydrogen-bond donors (Lipinski definition) is 0. The van der Waals surface area contributed by atoms with Gasteiger partial charge in [0.1, 0.15) is 18.0 Å². The van der Waals surface area contributed by atoms with Gasteiger partial charge in [-0.25, -0.2) is 4.39 Å². The second-order valence-corrected chi connectivity index (χ2v) is 4.25. The fourth-order valence-electron chi connectivity index (χ4n) is 2.30. The fraction of sp³-hybridized carbons (Fsp3) is 0.133. The summed E-state index contributed by atoms with van der Waals surface area (Å²) in [7, 11) is 0. The molecule has 90 valence electrons. The van der Waals surface area contributed by atoms with E-state index in [1.54, 1.807) is 12.1 Å². The minimum Gasteiger partial charge on any atom is -0.353 e. The lowest BCUT2D eigenvalue weighted by molar-refractivity contribution is -0.119. The summed E-state index contributed by atoms with van der Waals surface area (Å²) in [5.74, 6) is -0.281. The van der Waals surface area contributed by atoms with E-state index >= 15 is 0 Å². The summed E-state index contributed by atoms with van der Waals surface area (Å²) >= 11 is 0. The minimum absolute atomic E-state index is 0.281. The zero-order valence-corrected chi connectivity index (χ0v) is 9.55. The smallest absolute Gasteiger partial charge is 0.153 e. The molecule has 3 rings (SSSR count). The van der Waals surface area contributed by atoms with Crippen LogP contribution in [0.4, 0.5) is 4.39 Å². The first-order chi connectivity index (χ1) is 8.79. The van der Waals surface area contributed by atoms with Crippen molar-refractivity contribution in [3.63, 3.8) is 0 Å². The van der Waals surface area contributed by atoms with E-state index in [0.717, 1.165) is 23.0 Å². The van der Waals surface area contributed by atoms with Gasteiger partial charge in [-0.2, -0.15) is 0 Å². The van der Waals surface area contributed by atoms with Crippen molar-refractivity contribution in [2.24, 2.45) is 0 Å². The number of rotatable bonds is 2. The summed E-state index contributed by atoms with van der Waals surface area (Å²) in [5.41, 5.74) is 2.72. The number of fused-ring (bicyclic) bond motifs is 1. The van der Waals surface area contributed by atoms with Crippen LogP contribution in [0.1, 0.15) is 28.9 Å². The highest BCUT2D eigenvalue weighted by Crippen LogP contribution is 2.41. The molecule has 2 atom stereocenters. The maximum absolute atomic E-state index is 12.9. The number of carbonyl (C=O) groups is 1. The van der Waals surface area contributed by atoms with Crippen LogP contribution < -0.4 is 0 Å². The lowest BCUT2D eigenvalue weighted by atomic mass is 9.98. The average Bonchev–Trinajstić information content (AvgIpc) is 2.79. The van der Waals surface area contributed by atoms with Gasteiger partial charge in [0.15, 0.2) is 6.29 Å². The fourth-order valence-corrected chi connectivity index (χ4v) is 2.30. The van der Waals surface area contributed by atoms with Gasteiger partial charge in [0.25, 0.3) is 0 Å². The molecule has 1 aliphatic heterocycles. The second kappa shape index (κ2) is 4.35. The largest absolute Gasteiger partial charge is 0.353 e. The molecule has 0 radical (unpaired) electrons. The monoisotopic (exact) mass is 242 g/mol. The second-order valence-electron chi connectivity index (χ2n) is 4.25. The molecule has 1 aliphatic rings. The van der Waals surface area contributed by atoms with E-state index in [9.17, 15) is 9.18 Å². The maximum atomic E-state index is 12.9. The van der Waals surface area contributed by atoms with E-state index in [0.29, 0.717) is 0 Å². The summed E-state index contributed by atoms with van der Waals surface area (Å²) in [4.78, 5) is 11.0. The Kier molecular flexibility index (Phi) is 2.68. The molecule has 0 N–H and O–H groups in total. The van der Waals surface area contributed by atoms with Crippen LogP contribution in [0.25, 0.3) is 0 Å². The zero-order chi connectivity index (χ0) is 12.5. The SMILES string of the molecule is O=CC1OC(c2ccc(F)cc2)c2ccccc21. The molecule has 0 saturated carbocycles. The van der Waals surface area contributed by atoms with Crippen LogP contribution in [0.2, 0.25) is 0 Å². The molecule has 0 bridgehead atoms. The average molecular weight is 242 g/mol. The normalized spacial score (nSPS) is 21.6. The molecule has 0 aliphatic carbocycles. The van der Waals surface area contributed by atoms with Crippen molar-refractivity contribution in [1.29, 1.82) is 0 Å².